The van der Waals surface area contributed by atoms with Gasteiger partial charge in [-0.15, -0.1) is 0 Å². The van der Waals surface area contributed by atoms with Gasteiger partial charge in [0.05, 0.1) is 10.3 Å². The Kier molecular flexibility index (Phi) is 6.95. The summed E-state index contributed by atoms with van der Waals surface area (Å²) in [5.41, 5.74) is 4.55. The Bertz CT molecular complexity index is 1310. The number of aliphatic carboxylic acids is 1. The molecule has 10 heteroatoms. The average Bonchev–Trinajstić information content (AvgIpc) is 3.02. The van der Waals surface area contributed by atoms with Crippen LogP contribution in [0.4, 0.5) is 24.5 Å². The number of rotatable bonds is 4. The van der Waals surface area contributed by atoms with Crippen LogP contribution in [0.25, 0.3) is 0 Å². The van der Waals surface area contributed by atoms with Crippen molar-refractivity contribution in [2.24, 2.45) is 0 Å². The summed E-state index contributed by atoms with van der Waals surface area (Å²) in [5.74, 6) is -2.93. The van der Waals surface area contributed by atoms with E-state index in [4.69, 9.17) is 9.90 Å². The van der Waals surface area contributed by atoms with Gasteiger partial charge in [0.1, 0.15) is 18.8 Å². The highest BCUT2D eigenvalue weighted by atomic mass is 19.4. The van der Waals surface area contributed by atoms with Crippen molar-refractivity contribution < 1.29 is 37.7 Å². The van der Waals surface area contributed by atoms with Crippen LogP contribution in [0, 0.1) is 10.1 Å². The van der Waals surface area contributed by atoms with E-state index in [-0.39, 0.29) is 11.4 Å². The summed E-state index contributed by atoms with van der Waals surface area (Å²) < 4.78 is 33.7. The van der Waals surface area contributed by atoms with Gasteiger partial charge in [0.25, 0.3) is 5.69 Å². The van der Waals surface area contributed by atoms with E-state index in [1.54, 1.807) is 0 Å². The molecule has 1 unspecified atom stereocenters. The summed E-state index contributed by atoms with van der Waals surface area (Å²) >= 11 is 0. The van der Waals surface area contributed by atoms with E-state index in [9.17, 15) is 28.4 Å². The number of para-hydroxylation sites is 1. The lowest BCUT2D eigenvalue weighted by Gasteiger charge is -2.24. The summed E-state index contributed by atoms with van der Waals surface area (Å²) in [5, 5.41) is 30.4. The number of phenols is 1. The topological polar surface area (TPSA) is 107 Å². The van der Waals surface area contributed by atoms with Crippen molar-refractivity contribution in [2.45, 2.75) is 24.9 Å². The van der Waals surface area contributed by atoms with Crippen LogP contribution in [-0.4, -0.2) is 39.5 Å². The van der Waals surface area contributed by atoms with Gasteiger partial charge >= 0.3 is 6.18 Å². The predicted molar refractivity (Wildman–Crippen MR) is 120 cm³/mol. The highest BCUT2D eigenvalue weighted by Crippen LogP contribution is 2.44. The van der Waals surface area contributed by atoms with Crippen LogP contribution < -0.4 is 5.11 Å². The largest absolute Gasteiger partial charge is 0.542 e. The molecule has 0 saturated heterocycles. The van der Waals surface area contributed by atoms with E-state index in [2.05, 4.69) is 35.8 Å². The number of aromatic hydroxyl groups is 1. The molecule has 1 aliphatic heterocycles. The number of fused-ring (bicyclic) bond motifs is 1. The zero-order valence-corrected chi connectivity index (χ0v) is 18.7. The van der Waals surface area contributed by atoms with Crippen molar-refractivity contribution in [1.82, 2.24) is 0 Å². The molecule has 182 valence electrons. The van der Waals surface area contributed by atoms with Gasteiger partial charge in [0.15, 0.2) is 5.71 Å². The van der Waals surface area contributed by atoms with Crippen LogP contribution in [0.5, 0.6) is 5.75 Å². The molecule has 1 N–H and O–H groups in total. The highest BCUT2D eigenvalue weighted by molar-refractivity contribution is 6.07. The second-order valence-corrected chi connectivity index (χ2v) is 8.16. The number of hydrogen-bond donors (Lipinski definition) is 1. The molecule has 3 aromatic carbocycles. The Labute approximate surface area is 198 Å². The number of nitro benzene ring substituents is 1. The van der Waals surface area contributed by atoms with Crippen molar-refractivity contribution >= 4 is 23.1 Å². The number of hydrogen-bond acceptors (Lipinski definition) is 5. The van der Waals surface area contributed by atoms with Crippen LogP contribution in [0.3, 0.4) is 0 Å². The van der Waals surface area contributed by atoms with Crippen LogP contribution in [-0.2, 0) is 16.6 Å². The number of alkyl halides is 3. The predicted octanol–water partition coefficient (Wildman–Crippen LogP) is 3.88. The normalized spacial score (nSPS) is 16.8. The van der Waals surface area contributed by atoms with Crippen molar-refractivity contribution in [1.29, 1.82) is 0 Å². The molecule has 0 aliphatic carbocycles. The van der Waals surface area contributed by atoms with E-state index >= 15 is 0 Å². The molecular weight excluding hydrogens is 465 g/mol. The Morgan fingerprint density at radius 2 is 1.63 bits per heavy atom. The number of carboxylic acids is 1. The fourth-order valence-corrected chi connectivity index (χ4v) is 4.35. The van der Waals surface area contributed by atoms with E-state index in [1.807, 2.05) is 37.4 Å². The first kappa shape index (κ1) is 25.4. The van der Waals surface area contributed by atoms with E-state index < -0.39 is 22.5 Å². The molecular formula is C25H21F3N2O5. The molecule has 1 atom stereocenters. The summed E-state index contributed by atoms with van der Waals surface area (Å²) in [6.07, 6.45) is -4.74. The Morgan fingerprint density at radius 1 is 1.06 bits per heavy atom. The number of carbonyl (C=O) groups excluding carboxylic acids is 1. The van der Waals surface area contributed by atoms with E-state index in [1.165, 1.54) is 18.2 Å². The van der Waals surface area contributed by atoms with Gasteiger partial charge in [-0.2, -0.15) is 17.7 Å². The Hall–Kier alpha value is -4.21. The molecule has 3 aromatic rings. The second kappa shape index (κ2) is 9.57. The van der Waals surface area contributed by atoms with Gasteiger partial charge in [0, 0.05) is 34.9 Å². The maximum Gasteiger partial charge on any atom is 0.430 e. The third-order valence-electron chi connectivity index (χ3n) is 5.81. The van der Waals surface area contributed by atoms with E-state index in [0.717, 1.165) is 22.5 Å². The molecule has 7 nitrogen and oxygen atoms in total. The third-order valence-corrected chi connectivity index (χ3v) is 5.81. The lowest BCUT2D eigenvalue weighted by Crippen LogP contribution is -2.37. The quantitative estimate of drug-likeness (QED) is 0.342. The van der Waals surface area contributed by atoms with Crippen molar-refractivity contribution in [3.8, 4) is 5.75 Å². The fourth-order valence-electron chi connectivity index (χ4n) is 4.35. The minimum absolute atomic E-state index is 0.0164. The van der Waals surface area contributed by atoms with Crippen LogP contribution in [0.15, 0.2) is 72.8 Å². The molecule has 0 fully saturated rings. The van der Waals surface area contributed by atoms with Crippen LogP contribution >= 0.6 is 0 Å². The SMILES string of the molecule is C[N+]1=C(c2ccccc2)C(C)(Cc2cc([N+](=O)[O-])ccc2O)c2ccccc21.O=C([O-])C(F)(F)F. The number of non-ortho nitro benzene ring substituents is 1. The van der Waals surface area contributed by atoms with Gasteiger partial charge in [-0.1, -0.05) is 36.4 Å². The number of benzene rings is 3. The first-order valence-corrected chi connectivity index (χ1v) is 10.4. The number of nitrogens with zero attached hydrogens (tertiary/aromatic N) is 2. The van der Waals surface area contributed by atoms with Gasteiger partial charge in [-0.3, -0.25) is 10.1 Å². The maximum absolute atomic E-state index is 11.2. The summed E-state index contributed by atoms with van der Waals surface area (Å²) in [6, 6.07) is 22.5. The fraction of sp³-hybridized carbons (Fsp3) is 0.200. The molecule has 35 heavy (non-hydrogen) atoms. The van der Waals surface area contributed by atoms with E-state index in [0.29, 0.717) is 12.0 Å². The van der Waals surface area contributed by atoms with Crippen molar-refractivity contribution in [3.05, 3.63) is 99.6 Å². The molecule has 4 rings (SSSR count). The number of carbonyl (C=O) groups is 1. The number of halogens is 3. The van der Waals surface area contributed by atoms with Gasteiger partial charge in [-0.25, -0.2) is 0 Å². The molecule has 0 radical (unpaired) electrons. The molecule has 1 heterocycles. The van der Waals surface area contributed by atoms with Crippen LogP contribution in [0.1, 0.15) is 23.6 Å². The molecule has 0 spiro atoms. The standard InChI is InChI=1S/C23H20N2O3.C2HF3O2/c1-23(15-17-14-18(25(27)28)12-13-21(17)26)19-10-6-7-11-20(19)24(2)22(23)16-8-4-3-5-9-16;3-2(4,5)1(6)7/h3-14H,15H2,1-2H3;(H,6,7). The first-order valence-electron chi connectivity index (χ1n) is 10.4. The molecule has 0 amide bonds. The monoisotopic (exact) mass is 486 g/mol. The summed E-state index contributed by atoms with van der Waals surface area (Å²) in [6.45, 7) is 2.13. The molecule has 1 aliphatic rings. The highest BCUT2D eigenvalue weighted by Gasteiger charge is 2.48. The first-order chi connectivity index (χ1) is 16.4. The summed E-state index contributed by atoms with van der Waals surface area (Å²) in [7, 11) is 2.04. The minimum Gasteiger partial charge on any atom is -0.542 e. The van der Waals surface area contributed by atoms with Gasteiger partial charge in [0.2, 0.25) is 5.69 Å². The maximum atomic E-state index is 11.2. The lowest BCUT2D eigenvalue weighted by atomic mass is 9.72. The number of nitro groups is 1. The molecule has 0 aromatic heterocycles. The second-order valence-electron chi connectivity index (χ2n) is 8.16. The zero-order chi connectivity index (χ0) is 26.0. The van der Waals surface area contributed by atoms with Gasteiger partial charge in [-0.05, 0) is 31.5 Å². The zero-order valence-electron chi connectivity index (χ0n) is 18.7. The number of carboxylic acid groups (broad SMARTS) is 1. The molecule has 0 bridgehead atoms. The summed E-state index contributed by atoms with van der Waals surface area (Å²) in [4.78, 5) is 19.6. The number of phenolic OH excluding ortho intramolecular Hbond substituents is 1. The molecule has 0 saturated carbocycles. The van der Waals surface area contributed by atoms with Crippen molar-refractivity contribution in [2.75, 3.05) is 7.05 Å². The minimum atomic E-state index is -5.19. The Morgan fingerprint density at radius 3 is 2.20 bits per heavy atom. The average molecular weight is 486 g/mol. The van der Waals surface area contributed by atoms with Crippen molar-refractivity contribution in [3.63, 3.8) is 0 Å². The smallest absolute Gasteiger partial charge is 0.430 e. The van der Waals surface area contributed by atoms with Crippen LogP contribution in [0.2, 0.25) is 0 Å². The van der Waals surface area contributed by atoms with Gasteiger partial charge < -0.3 is 15.0 Å². The third kappa shape index (κ3) is 5.16. The lowest BCUT2D eigenvalue weighted by molar-refractivity contribution is -0.402. The Balaban J connectivity index is 0.000000429.